The van der Waals surface area contributed by atoms with E-state index < -0.39 is 30.7 Å². The van der Waals surface area contributed by atoms with Crippen LogP contribution in [0, 0.1) is 0 Å². The van der Waals surface area contributed by atoms with Crippen LogP contribution < -0.4 is 0 Å². The lowest BCUT2D eigenvalue weighted by atomic mass is 9.92. The van der Waals surface area contributed by atoms with Crippen molar-refractivity contribution < 1.29 is 29.6 Å². The number of halogens is 1. The molecule has 0 amide bonds. The maximum atomic E-state index is 10.4. The summed E-state index contributed by atoms with van der Waals surface area (Å²) >= 11 is 6.43. The highest BCUT2D eigenvalue weighted by Gasteiger charge is 2.44. The Morgan fingerprint density at radius 3 is 2.38 bits per heavy atom. The van der Waals surface area contributed by atoms with Crippen molar-refractivity contribution in [3.63, 3.8) is 0 Å². The van der Waals surface area contributed by atoms with E-state index in [1.54, 1.807) is 12.1 Å². The first kappa shape index (κ1) is 24.6. The Kier molecular flexibility index (Phi) is 8.27. The zero-order chi connectivity index (χ0) is 23.4. The molecule has 0 spiro atoms. The van der Waals surface area contributed by atoms with Gasteiger partial charge in [0.05, 0.1) is 5.71 Å². The highest BCUT2D eigenvalue weighted by molar-refractivity contribution is 6.31. The van der Waals surface area contributed by atoms with Crippen LogP contribution in [0.5, 0.6) is 0 Å². The maximum Gasteiger partial charge on any atom is 0.186 e. The van der Waals surface area contributed by atoms with E-state index in [1.165, 1.54) is 7.11 Å². The summed E-state index contributed by atoms with van der Waals surface area (Å²) in [6.07, 6.45) is -5.36. The van der Waals surface area contributed by atoms with Gasteiger partial charge < -0.3 is 29.6 Å². The molecule has 0 radical (unpaired) electrons. The van der Waals surface area contributed by atoms with Crippen LogP contribution >= 0.6 is 11.6 Å². The molecule has 2 aromatic carbocycles. The smallest absolute Gasteiger partial charge is 0.186 e. The fraction of sp³-hybridized carbons (Fsp3) is 0.458. The highest BCUT2D eigenvalue weighted by Crippen LogP contribution is 2.34. The first-order valence-corrected chi connectivity index (χ1v) is 10.9. The molecule has 3 N–H and O–H groups in total. The molecular formula is C24H30ClNO6. The number of aliphatic hydroxyl groups excluding tert-OH is 3. The number of benzene rings is 2. The van der Waals surface area contributed by atoms with Gasteiger partial charge >= 0.3 is 0 Å². The third-order valence-corrected chi connectivity index (χ3v) is 5.74. The minimum absolute atomic E-state index is 0.0221. The quantitative estimate of drug-likeness (QED) is 0.430. The second-order valence-electron chi connectivity index (χ2n) is 8.19. The van der Waals surface area contributed by atoms with Gasteiger partial charge in [0.2, 0.25) is 0 Å². The lowest BCUT2D eigenvalue weighted by Gasteiger charge is -2.40. The molecule has 0 saturated carbocycles. The summed E-state index contributed by atoms with van der Waals surface area (Å²) in [4.78, 5) is 5.30. The van der Waals surface area contributed by atoms with Crippen molar-refractivity contribution in [3.8, 4) is 0 Å². The number of methoxy groups -OCH3 is 1. The second kappa shape index (κ2) is 10.7. The summed E-state index contributed by atoms with van der Waals surface area (Å²) in [6.45, 7) is 5.74. The van der Waals surface area contributed by atoms with Crippen molar-refractivity contribution in [3.05, 3.63) is 69.7 Å². The Labute approximate surface area is 193 Å². The lowest BCUT2D eigenvalue weighted by Crippen LogP contribution is -2.54. The zero-order valence-corrected chi connectivity index (χ0v) is 19.4. The first-order chi connectivity index (χ1) is 15.2. The van der Waals surface area contributed by atoms with Gasteiger partial charge in [-0.05, 0) is 55.5 Å². The van der Waals surface area contributed by atoms with E-state index in [0.29, 0.717) is 17.0 Å². The van der Waals surface area contributed by atoms with Gasteiger partial charge in [-0.25, -0.2) is 0 Å². The highest BCUT2D eigenvalue weighted by atomic mass is 35.5. The van der Waals surface area contributed by atoms with Crippen LogP contribution in [0.15, 0.2) is 47.6 Å². The summed E-state index contributed by atoms with van der Waals surface area (Å²) in [5.41, 5.74) is 4.28. The van der Waals surface area contributed by atoms with Crippen LogP contribution in [-0.2, 0) is 20.7 Å². The molecule has 1 saturated heterocycles. The Morgan fingerprint density at radius 2 is 1.75 bits per heavy atom. The van der Waals surface area contributed by atoms with Crippen LogP contribution in [0.4, 0.5) is 0 Å². The predicted octanol–water partition coefficient (Wildman–Crippen LogP) is 3.21. The summed E-state index contributed by atoms with van der Waals surface area (Å²) in [5.74, 6) is 0. The van der Waals surface area contributed by atoms with Gasteiger partial charge in [0.15, 0.2) is 6.29 Å². The van der Waals surface area contributed by atoms with E-state index >= 15 is 0 Å². The van der Waals surface area contributed by atoms with Crippen molar-refractivity contribution >= 4 is 17.3 Å². The average Bonchev–Trinajstić information content (AvgIpc) is 2.78. The van der Waals surface area contributed by atoms with E-state index in [2.05, 4.69) is 5.16 Å². The molecule has 1 aliphatic heterocycles. The van der Waals surface area contributed by atoms with E-state index in [1.807, 2.05) is 51.1 Å². The molecule has 1 heterocycles. The Balaban J connectivity index is 1.78. The van der Waals surface area contributed by atoms with Gasteiger partial charge in [0.1, 0.15) is 30.5 Å². The minimum atomic E-state index is -1.39. The van der Waals surface area contributed by atoms with Crippen LogP contribution in [-0.4, -0.2) is 58.8 Å². The predicted molar refractivity (Wildman–Crippen MR) is 122 cm³/mol. The molecule has 3 rings (SSSR count). The van der Waals surface area contributed by atoms with Gasteiger partial charge in [-0.1, -0.05) is 53.2 Å². The molecule has 1 aliphatic rings. The molecule has 0 aromatic heterocycles. The van der Waals surface area contributed by atoms with Crippen molar-refractivity contribution in [2.45, 2.75) is 64.0 Å². The van der Waals surface area contributed by atoms with Crippen LogP contribution in [0.25, 0.3) is 0 Å². The third-order valence-electron chi connectivity index (χ3n) is 5.37. The number of ether oxygens (including phenoxy) is 2. The molecule has 7 nitrogen and oxygen atoms in total. The molecular weight excluding hydrogens is 434 g/mol. The fourth-order valence-corrected chi connectivity index (χ4v) is 3.73. The Morgan fingerprint density at radius 1 is 1.06 bits per heavy atom. The van der Waals surface area contributed by atoms with Gasteiger partial charge in [0.25, 0.3) is 0 Å². The van der Waals surface area contributed by atoms with Gasteiger partial charge in [-0.15, -0.1) is 0 Å². The number of oxime groups is 1. The van der Waals surface area contributed by atoms with E-state index in [9.17, 15) is 15.3 Å². The summed E-state index contributed by atoms with van der Waals surface area (Å²) in [6, 6.07) is 13.3. The normalized spacial score (nSPS) is 26.4. The van der Waals surface area contributed by atoms with Crippen LogP contribution in [0.2, 0.25) is 5.02 Å². The fourth-order valence-electron chi connectivity index (χ4n) is 3.55. The summed E-state index contributed by atoms with van der Waals surface area (Å²) in [7, 11) is 1.37. The number of hydrogen-bond acceptors (Lipinski definition) is 7. The van der Waals surface area contributed by atoms with Crippen LogP contribution in [0.3, 0.4) is 0 Å². The lowest BCUT2D eigenvalue weighted by molar-refractivity contribution is -0.292. The standard InChI is InChI=1S/C24H30ClNO6/c1-13(2)32-26-14(3)16-7-5-15(6-8-16)11-18-12-17(9-10-19(18)25)23-21(28)20(27)22(29)24(30-4)31-23/h5-10,12-13,20-24,27-29H,11H2,1-4H3/b26-14+/t20-,21-,22+,23+,24+/m1/s1. The van der Waals surface area contributed by atoms with Gasteiger partial charge in [0, 0.05) is 12.1 Å². The van der Waals surface area contributed by atoms with Crippen molar-refractivity contribution in [1.82, 2.24) is 0 Å². The largest absolute Gasteiger partial charge is 0.393 e. The van der Waals surface area contributed by atoms with Crippen molar-refractivity contribution in [2.24, 2.45) is 5.16 Å². The molecule has 5 atom stereocenters. The molecule has 8 heteroatoms. The molecule has 0 bridgehead atoms. The maximum absolute atomic E-state index is 10.4. The topological polar surface area (TPSA) is 101 Å². The molecule has 2 aromatic rings. The SMILES string of the molecule is CO[C@H]1O[C@@H](c2ccc(Cl)c(Cc3ccc(/C(C)=N/OC(C)C)cc3)c2)[C@H](O)[C@@H](O)[C@@H]1O. The minimum Gasteiger partial charge on any atom is -0.393 e. The third kappa shape index (κ3) is 5.67. The van der Waals surface area contributed by atoms with Crippen molar-refractivity contribution in [1.29, 1.82) is 0 Å². The molecule has 1 fully saturated rings. The average molecular weight is 464 g/mol. The van der Waals surface area contributed by atoms with E-state index in [4.69, 9.17) is 25.9 Å². The Hall–Kier alpha value is -2.00. The molecule has 32 heavy (non-hydrogen) atoms. The monoisotopic (exact) mass is 463 g/mol. The van der Waals surface area contributed by atoms with Crippen LogP contribution in [0.1, 0.15) is 49.1 Å². The first-order valence-electron chi connectivity index (χ1n) is 10.5. The second-order valence-corrected chi connectivity index (χ2v) is 8.60. The summed E-state index contributed by atoms with van der Waals surface area (Å²) in [5, 5.41) is 35.3. The van der Waals surface area contributed by atoms with Gasteiger partial charge in [-0.3, -0.25) is 0 Å². The Bertz CT molecular complexity index is 931. The van der Waals surface area contributed by atoms with E-state index in [0.717, 1.165) is 22.4 Å². The number of aliphatic hydroxyl groups is 3. The van der Waals surface area contributed by atoms with E-state index in [-0.39, 0.29) is 6.10 Å². The zero-order valence-electron chi connectivity index (χ0n) is 18.6. The number of nitrogens with zero attached hydrogens (tertiary/aromatic N) is 1. The molecule has 0 unspecified atom stereocenters. The molecule has 0 aliphatic carbocycles. The number of hydrogen-bond donors (Lipinski definition) is 3. The van der Waals surface area contributed by atoms with Gasteiger partial charge in [-0.2, -0.15) is 0 Å². The van der Waals surface area contributed by atoms with Crippen molar-refractivity contribution in [2.75, 3.05) is 7.11 Å². The summed E-state index contributed by atoms with van der Waals surface area (Å²) < 4.78 is 10.8. The number of rotatable bonds is 7. The molecule has 174 valence electrons.